The number of carbonyl (C=O) groups excluding carboxylic acids is 1. The first-order valence-electron chi connectivity index (χ1n) is 8.95. The van der Waals surface area contributed by atoms with Crippen molar-refractivity contribution in [2.75, 3.05) is 5.75 Å². The summed E-state index contributed by atoms with van der Waals surface area (Å²) in [5.74, 6) is -0.631. The minimum Gasteiger partial charge on any atom is -0.478 e. The molecule has 8 nitrogen and oxygen atoms in total. The molecule has 3 aromatic rings. The number of aromatic nitrogens is 3. The van der Waals surface area contributed by atoms with Crippen LogP contribution < -0.4 is 5.43 Å². The first-order valence-corrected chi connectivity index (χ1v) is 10.3. The highest BCUT2D eigenvalue weighted by atomic mass is 35.5. The molecule has 0 saturated heterocycles. The van der Waals surface area contributed by atoms with Gasteiger partial charge in [0.15, 0.2) is 11.0 Å². The summed E-state index contributed by atoms with van der Waals surface area (Å²) in [5.41, 5.74) is 3.78. The minimum atomic E-state index is -1.06. The molecule has 0 aliphatic heterocycles. The van der Waals surface area contributed by atoms with E-state index in [-0.39, 0.29) is 17.2 Å². The van der Waals surface area contributed by atoms with Crippen LogP contribution in [0.2, 0.25) is 5.02 Å². The van der Waals surface area contributed by atoms with Gasteiger partial charge in [-0.1, -0.05) is 41.6 Å². The highest BCUT2D eigenvalue weighted by molar-refractivity contribution is 7.99. The van der Waals surface area contributed by atoms with Gasteiger partial charge in [-0.15, -0.1) is 10.2 Å². The Morgan fingerprint density at radius 1 is 1.20 bits per heavy atom. The molecule has 0 unspecified atom stereocenters. The van der Waals surface area contributed by atoms with Crippen LogP contribution in [0.1, 0.15) is 22.8 Å². The van der Waals surface area contributed by atoms with Crippen LogP contribution in [-0.2, 0) is 11.3 Å². The zero-order chi connectivity index (χ0) is 21.5. The predicted octanol–water partition coefficient (Wildman–Crippen LogP) is 3.56. The molecule has 0 bridgehead atoms. The van der Waals surface area contributed by atoms with Crippen molar-refractivity contribution >= 4 is 41.5 Å². The van der Waals surface area contributed by atoms with Crippen molar-refractivity contribution in [2.45, 2.75) is 18.6 Å². The maximum Gasteiger partial charge on any atom is 0.336 e. The Morgan fingerprint density at radius 3 is 2.63 bits per heavy atom. The summed E-state index contributed by atoms with van der Waals surface area (Å²) >= 11 is 7.17. The van der Waals surface area contributed by atoms with Crippen molar-refractivity contribution in [1.29, 1.82) is 0 Å². The summed E-state index contributed by atoms with van der Waals surface area (Å²) in [5, 5.41) is 22.6. The Labute approximate surface area is 182 Å². The normalized spacial score (nSPS) is 11.0. The number of aromatic carboxylic acids is 1. The first kappa shape index (κ1) is 21.5. The number of amides is 1. The smallest absolute Gasteiger partial charge is 0.336 e. The van der Waals surface area contributed by atoms with Crippen molar-refractivity contribution < 1.29 is 14.7 Å². The topological polar surface area (TPSA) is 109 Å². The fourth-order valence-electron chi connectivity index (χ4n) is 2.63. The van der Waals surface area contributed by atoms with Crippen LogP contribution in [0.4, 0.5) is 0 Å². The molecule has 0 saturated carbocycles. The molecule has 154 valence electrons. The Bertz CT molecular complexity index is 1080. The van der Waals surface area contributed by atoms with Crippen LogP contribution in [0, 0.1) is 0 Å². The van der Waals surface area contributed by atoms with Crippen molar-refractivity contribution in [3.8, 4) is 11.4 Å². The van der Waals surface area contributed by atoms with E-state index in [9.17, 15) is 9.59 Å². The van der Waals surface area contributed by atoms with Gasteiger partial charge in [0, 0.05) is 22.7 Å². The summed E-state index contributed by atoms with van der Waals surface area (Å²) < 4.78 is 1.91. The lowest BCUT2D eigenvalue weighted by Gasteiger charge is -2.07. The second-order valence-corrected chi connectivity index (χ2v) is 7.41. The summed E-state index contributed by atoms with van der Waals surface area (Å²) in [7, 11) is 0. The molecule has 0 aliphatic carbocycles. The lowest BCUT2D eigenvalue weighted by atomic mass is 10.1. The fraction of sp³-hybridized carbons (Fsp3) is 0.150. The number of hydrogen-bond acceptors (Lipinski definition) is 6. The number of thioether (sulfide) groups is 1. The molecule has 30 heavy (non-hydrogen) atoms. The maximum absolute atomic E-state index is 12.1. The number of carboxylic acid groups (broad SMARTS) is 1. The van der Waals surface area contributed by atoms with Gasteiger partial charge in [0.25, 0.3) is 5.91 Å². The van der Waals surface area contributed by atoms with Gasteiger partial charge in [0.05, 0.1) is 17.5 Å². The average Bonchev–Trinajstić information content (AvgIpc) is 3.16. The SMILES string of the molecule is CCn1c(SCC(=O)N/N=C\c2ccccc2C(=O)O)nnc1-c1ccc(Cl)cc1. The third kappa shape index (κ3) is 5.25. The van der Waals surface area contributed by atoms with Gasteiger partial charge >= 0.3 is 5.97 Å². The van der Waals surface area contributed by atoms with Crippen molar-refractivity contribution in [3.63, 3.8) is 0 Å². The number of nitrogens with one attached hydrogen (secondary N) is 1. The lowest BCUT2D eigenvalue weighted by molar-refractivity contribution is -0.118. The third-order valence-electron chi connectivity index (χ3n) is 4.05. The number of hydrogen-bond donors (Lipinski definition) is 2. The molecule has 0 aliphatic rings. The van der Waals surface area contributed by atoms with E-state index in [2.05, 4.69) is 20.7 Å². The number of nitrogens with zero attached hydrogens (tertiary/aromatic N) is 4. The van der Waals surface area contributed by atoms with E-state index in [0.717, 1.165) is 5.56 Å². The molecule has 2 N–H and O–H groups in total. The standard InChI is InChI=1S/C20H18ClN5O3S/c1-2-26-18(13-7-9-15(21)10-8-13)24-25-20(26)30-12-17(27)23-22-11-14-5-3-4-6-16(14)19(28)29/h3-11H,2,12H2,1H3,(H,23,27)(H,28,29)/b22-11-. The van der Waals surface area contributed by atoms with E-state index in [1.54, 1.807) is 30.3 Å². The lowest BCUT2D eigenvalue weighted by Crippen LogP contribution is -2.20. The van der Waals surface area contributed by atoms with Crippen molar-refractivity contribution in [1.82, 2.24) is 20.2 Å². The molecule has 1 aromatic heterocycles. The van der Waals surface area contributed by atoms with Gasteiger partial charge in [0.1, 0.15) is 0 Å². The summed E-state index contributed by atoms with van der Waals surface area (Å²) in [6, 6.07) is 13.7. The van der Waals surface area contributed by atoms with E-state index in [0.29, 0.717) is 28.1 Å². The van der Waals surface area contributed by atoms with Crippen LogP contribution in [0.25, 0.3) is 11.4 Å². The van der Waals surface area contributed by atoms with Gasteiger partial charge in [-0.2, -0.15) is 5.10 Å². The Balaban J connectivity index is 1.61. The quantitative estimate of drug-likeness (QED) is 0.313. The molecule has 10 heteroatoms. The van der Waals surface area contributed by atoms with E-state index in [1.807, 2.05) is 23.6 Å². The Hall–Kier alpha value is -3.17. The second-order valence-electron chi connectivity index (χ2n) is 6.03. The number of carbonyl (C=O) groups is 2. The van der Waals surface area contributed by atoms with Crippen LogP contribution in [-0.4, -0.2) is 43.7 Å². The predicted molar refractivity (Wildman–Crippen MR) is 116 cm³/mol. The van der Waals surface area contributed by atoms with Gasteiger partial charge in [0.2, 0.25) is 0 Å². The van der Waals surface area contributed by atoms with Gasteiger partial charge in [-0.25, -0.2) is 10.2 Å². The van der Waals surface area contributed by atoms with Crippen molar-refractivity contribution in [3.05, 3.63) is 64.7 Å². The molecular formula is C20H18ClN5O3S. The molecule has 0 radical (unpaired) electrons. The maximum atomic E-state index is 12.1. The molecule has 0 fully saturated rings. The largest absolute Gasteiger partial charge is 0.478 e. The molecule has 3 rings (SSSR count). The number of halogens is 1. The highest BCUT2D eigenvalue weighted by Crippen LogP contribution is 2.25. The number of carboxylic acids is 1. The number of hydrazone groups is 1. The molecular weight excluding hydrogens is 426 g/mol. The Kier molecular flexibility index (Phi) is 7.21. The minimum absolute atomic E-state index is 0.0800. The second kappa shape index (κ2) is 10.0. The first-order chi connectivity index (χ1) is 14.5. The Morgan fingerprint density at radius 2 is 1.93 bits per heavy atom. The fourth-order valence-corrected chi connectivity index (χ4v) is 3.55. The molecule has 0 atom stereocenters. The van der Waals surface area contributed by atoms with Crippen LogP contribution in [0.15, 0.2) is 58.8 Å². The van der Waals surface area contributed by atoms with Gasteiger partial charge in [-0.3, -0.25) is 4.79 Å². The summed E-state index contributed by atoms with van der Waals surface area (Å²) in [6.45, 7) is 2.61. The average molecular weight is 444 g/mol. The monoisotopic (exact) mass is 443 g/mol. The zero-order valence-electron chi connectivity index (χ0n) is 15.9. The number of benzene rings is 2. The van der Waals surface area contributed by atoms with E-state index in [4.69, 9.17) is 16.7 Å². The van der Waals surface area contributed by atoms with E-state index in [1.165, 1.54) is 24.0 Å². The summed E-state index contributed by atoms with van der Waals surface area (Å²) in [4.78, 5) is 23.3. The molecule has 1 heterocycles. The van der Waals surface area contributed by atoms with Crippen LogP contribution >= 0.6 is 23.4 Å². The third-order valence-corrected chi connectivity index (χ3v) is 5.27. The van der Waals surface area contributed by atoms with Crippen LogP contribution in [0.3, 0.4) is 0 Å². The molecule has 2 aromatic carbocycles. The van der Waals surface area contributed by atoms with E-state index < -0.39 is 5.97 Å². The highest BCUT2D eigenvalue weighted by Gasteiger charge is 2.14. The van der Waals surface area contributed by atoms with Gasteiger partial charge < -0.3 is 9.67 Å². The van der Waals surface area contributed by atoms with Gasteiger partial charge in [-0.05, 0) is 37.3 Å². The molecule has 1 amide bonds. The number of rotatable bonds is 8. The zero-order valence-corrected chi connectivity index (χ0v) is 17.5. The van der Waals surface area contributed by atoms with Crippen LogP contribution in [0.5, 0.6) is 0 Å². The van der Waals surface area contributed by atoms with E-state index >= 15 is 0 Å². The van der Waals surface area contributed by atoms with Crippen molar-refractivity contribution in [2.24, 2.45) is 5.10 Å². The molecule has 0 spiro atoms. The summed E-state index contributed by atoms with van der Waals surface area (Å²) in [6.07, 6.45) is 1.30.